The van der Waals surface area contributed by atoms with Crippen molar-refractivity contribution in [1.29, 1.82) is 0 Å². The number of benzene rings is 1. The predicted molar refractivity (Wildman–Crippen MR) is 68.0 cm³/mol. The molecule has 1 rings (SSSR count). The Morgan fingerprint density at radius 2 is 1.93 bits per heavy atom. The summed E-state index contributed by atoms with van der Waals surface area (Å²) in [7, 11) is 3.89. The number of ether oxygens (including phenoxy) is 1. The molecule has 0 aromatic heterocycles. The van der Waals surface area contributed by atoms with Crippen molar-refractivity contribution in [3.63, 3.8) is 0 Å². The maximum Gasteiger partial charge on any atom is 0.338 e. The van der Waals surface area contributed by atoms with Crippen LogP contribution in [-0.4, -0.2) is 38.1 Å². The van der Waals surface area contributed by atoms with Gasteiger partial charge in [0.25, 0.3) is 0 Å². The molecule has 0 heterocycles. The van der Waals surface area contributed by atoms with Crippen LogP contribution in [0, 0.1) is 3.57 Å². The molecule has 0 radical (unpaired) electrons. The Bertz CT molecular complexity index is 322. The van der Waals surface area contributed by atoms with Crippen LogP contribution >= 0.6 is 22.6 Å². The topological polar surface area (TPSA) is 29.5 Å². The lowest BCUT2D eigenvalue weighted by Gasteiger charge is -2.09. The van der Waals surface area contributed by atoms with Gasteiger partial charge in [0.05, 0.1) is 5.56 Å². The molecule has 4 heteroatoms. The number of halogens is 1. The molecule has 3 nitrogen and oxygen atoms in total. The first-order valence-electron chi connectivity index (χ1n) is 4.67. The average Bonchev–Trinajstić information content (AvgIpc) is 2.18. The fourth-order valence-electron chi connectivity index (χ4n) is 0.990. The van der Waals surface area contributed by atoms with Crippen molar-refractivity contribution in [2.75, 3.05) is 27.2 Å². The molecule has 1 aromatic rings. The Kier molecular flexibility index (Phi) is 5.04. The highest BCUT2D eigenvalue weighted by atomic mass is 127. The number of nitrogens with zero attached hydrogens (tertiary/aromatic N) is 1. The van der Waals surface area contributed by atoms with Crippen LogP contribution in [0.25, 0.3) is 0 Å². The molecule has 0 N–H and O–H groups in total. The van der Waals surface area contributed by atoms with Gasteiger partial charge >= 0.3 is 5.97 Å². The highest BCUT2D eigenvalue weighted by Crippen LogP contribution is 2.07. The predicted octanol–water partition coefficient (Wildman–Crippen LogP) is 2.01. The number of likely N-dealkylation sites (N-methyl/N-ethyl adjacent to an activating group) is 1. The van der Waals surface area contributed by atoms with E-state index in [0.29, 0.717) is 12.2 Å². The first-order chi connectivity index (χ1) is 7.09. The van der Waals surface area contributed by atoms with Gasteiger partial charge in [0.2, 0.25) is 0 Å². The summed E-state index contributed by atoms with van der Waals surface area (Å²) in [6.45, 7) is 1.17. The minimum absolute atomic E-state index is 0.256. The van der Waals surface area contributed by atoms with Gasteiger partial charge in [-0.25, -0.2) is 4.79 Å². The molecule has 15 heavy (non-hydrogen) atoms. The normalized spacial score (nSPS) is 10.4. The highest BCUT2D eigenvalue weighted by molar-refractivity contribution is 14.1. The molecular weight excluding hydrogens is 305 g/mol. The Balaban J connectivity index is 2.43. The fraction of sp³-hybridized carbons (Fsp3) is 0.364. The van der Waals surface area contributed by atoms with E-state index in [1.807, 2.05) is 31.1 Å². The van der Waals surface area contributed by atoms with Crippen molar-refractivity contribution in [2.24, 2.45) is 0 Å². The van der Waals surface area contributed by atoms with Crippen molar-refractivity contribution >= 4 is 28.6 Å². The van der Waals surface area contributed by atoms with Crippen LogP contribution in [-0.2, 0) is 4.74 Å². The summed E-state index contributed by atoms with van der Waals surface area (Å²) in [5, 5.41) is 0. The zero-order chi connectivity index (χ0) is 11.3. The first kappa shape index (κ1) is 12.4. The van der Waals surface area contributed by atoms with Gasteiger partial charge in [-0.3, -0.25) is 0 Å². The van der Waals surface area contributed by atoms with Gasteiger partial charge in [0, 0.05) is 10.1 Å². The molecule has 0 aliphatic rings. The lowest BCUT2D eigenvalue weighted by Crippen LogP contribution is -2.20. The first-order valence-corrected chi connectivity index (χ1v) is 5.75. The number of hydrogen-bond acceptors (Lipinski definition) is 3. The van der Waals surface area contributed by atoms with Gasteiger partial charge in [0.15, 0.2) is 0 Å². The maximum absolute atomic E-state index is 11.5. The van der Waals surface area contributed by atoms with Crippen LogP contribution in [0.5, 0.6) is 0 Å². The molecule has 1 aromatic carbocycles. The molecular formula is C11H14INO2. The molecule has 0 saturated carbocycles. The monoisotopic (exact) mass is 319 g/mol. The van der Waals surface area contributed by atoms with E-state index in [9.17, 15) is 4.79 Å². The Hall–Kier alpha value is -0.620. The highest BCUT2D eigenvalue weighted by Gasteiger charge is 2.05. The molecule has 0 spiro atoms. The second kappa shape index (κ2) is 6.07. The van der Waals surface area contributed by atoms with Gasteiger partial charge in [-0.15, -0.1) is 0 Å². The standard InChI is InChI=1S/C11H14INO2/c1-13(2)7-8-15-11(14)9-3-5-10(12)6-4-9/h3-6H,7-8H2,1-2H3. The fourth-order valence-corrected chi connectivity index (χ4v) is 1.35. The summed E-state index contributed by atoms with van der Waals surface area (Å²) in [4.78, 5) is 13.5. The second-order valence-electron chi connectivity index (χ2n) is 3.45. The summed E-state index contributed by atoms with van der Waals surface area (Å²) in [6, 6.07) is 7.34. The average molecular weight is 319 g/mol. The Morgan fingerprint density at radius 3 is 2.47 bits per heavy atom. The summed E-state index contributed by atoms with van der Waals surface area (Å²) >= 11 is 2.20. The van der Waals surface area contributed by atoms with Crippen molar-refractivity contribution in [3.8, 4) is 0 Å². The van der Waals surface area contributed by atoms with E-state index in [-0.39, 0.29) is 5.97 Å². The number of carbonyl (C=O) groups excluding carboxylic acids is 1. The van der Waals surface area contributed by atoms with E-state index in [1.165, 1.54) is 0 Å². The molecule has 0 saturated heterocycles. The molecule has 0 unspecified atom stereocenters. The van der Waals surface area contributed by atoms with Crippen LogP contribution in [0.3, 0.4) is 0 Å². The Labute approximate surface area is 104 Å². The van der Waals surface area contributed by atoms with Gasteiger partial charge in [-0.1, -0.05) is 0 Å². The number of rotatable bonds is 4. The van der Waals surface area contributed by atoms with E-state index in [1.54, 1.807) is 12.1 Å². The van der Waals surface area contributed by atoms with Gasteiger partial charge in [-0.05, 0) is 61.0 Å². The maximum atomic E-state index is 11.5. The van der Waals surface area contributed by atoms with E-state index in [4.69, 9.17) is 4.74 Å². The van der Waals surface area contributed by atoms with Crippen LogP contribution in [0.2, 0.25) is 0 Å². The van der Waals surface area contributed by atoms with Gasteiger partial charge < -0.3 is 9.64 Å². The van der Waals surface area contributed by atoms with E-state index < -0.39 is 0 Å². The second-order valence-corrected chi connectivity index (χ2v) is 4.69. The minimum atomic E-state index is -0.256. The molecule has 0 aliphatic heterocycles. The SMILES string of the molecule is CN(C)CCOC(=O)c1ccc(I)cc1. The third kappa shape index (κ3) is 4.61. The lowest BCUT2D eigenvalue weighted by atomic mass is 10.2. The zero-order valence-corrected chi connectivity index (χ0v) is 11.0. The quantitative estimate of drug-likeness (QED) is 0.628. The summed E-state index contributed by atoms with van der Waals surface area (Å²) in [5.74, 6) is -0.256. The molecule has 0 fully saturated rings. The molecule has 0 aliphatic carbocycles. The van der Waals surface area contributed by atoms with Crippen molar-refractivity contribution in [3.05, 3.63) is 33.4 Å². The molecule has 82 valence electrons. The van der Waals surface area contributed by atoms with Crippen LogP contribution in [0.4, 0.5) is 0 Å². The zero-order valence-electron chi connectivity index (χ0n) is 8.87. The molecule has 0 amide bonds. The summed E-state index contributed by atoms with van der Waals surface area (Å²) in [5.41, 5.74) is 0.606. The van der Waals surface area contributed by atoms with Crippen molar-refractivity contribution in [2.45, 2.75) is 0 Å². The number of esters is 1. The largest absolute Gasteiger partial charge is 0.461 e. The van der Waals surface area contributed by atoms with Crippen molar-refractivity contribution < 1.29 is 9.53 Å². The van der Waals surface area contributed by atoms with Gasteiger partial charge in [-0.2, -0.15) is 0 Å². The van der Waals surface area contributed by atoms with E-state index in [2.05, 4.69) is 22.6 Å². The molecule has 0 atom stereocenters. The van der Waals surface area contributed by atoms with Crippen LogP contribution in [0.1, 0.15) is 10.4 Å². The number of carbonyl (C=O) groups is 1. The summed E-state index contributed by atoms with van der Waals surface area (Å²) in [6.07, 6.45) is 0. The Morgan fingerprint density at radius 1 is 1.33 bits per heavy atom. The van der Waals surface area contributed by atoms with Crippen LogP contribution in [0.15, 0.2) is 24.3 Å². The third-order valence-electron chi connectivity index (χ3n) is 1.85. The third-order valence-corrected chi connectivity index (χ3v) is 2.57. The minimum Gasteiger partial charge on any atom is -0.461 e. The van der Waals surface area contributed by atoms with Gasteiger partial charge in [0.1, 0.15) is 6.61 Å². The lowest BCUT2D eigenvalue weighted by molar-refractivity contribution is 0.0482. The smallest absolute Gasteiger partial charge is 0.338 e. The van der Waals surface area contributed by atoms with Crippen molar-refractivity contribution in [1.82, 2.24) is 4.90 Å². The summed E-state index contributed by atoms with van der Waals surface area (Å²) < 4.78 is 6.20. The molecule has 0 bridgehead atoms. The van der Waals surface area contributed by atoms with Crippen LogP contribution < -0.4 is 0 Å². The number of hydrogen-bond donors (Lipinski definition) is 0. The van der Waals surface area contributed by atoms with E-state index >= 15 is 0 Å². The van der Waals surface area contributed by atoms with E-state index in [0.717, 1.165) is 10.1 Å².